The number of rotatable bonds is 6. The number of amides is 3. The summed E-state index contributed by atoms with van der Waals surface area (Å²) in [6.45, 7) is 1.21. The molecule has 1 fully saturated rings. The molecule has 3 amide bonds. The molecule has 4 rings (SSSR count). The van der Waals surface area contributed by atoms with Crippen LogP contribution in [0.1, 0.15) is 41.7 Å². The lowest BCUT2D eigenvalue weighted by atomic mass is 9.84. The highest BCUT2D eigenvalue weighted by molar-refractivity contribution is 6.39. The van der Waals surface area contributed by atoms with E-state index in [1.165, 1.54) is 5.56 Å². The van der Waals surface area contributed by atoms with Gasteiger partial charge in [-0.05, 0) is 42.9 Å². The van der Waals surface area contributed by atoms with Crippen molar-refractivity contribution >= 4 is 23.4 Å². The molecule has 1 aromatic carbocycles. The summed E-state index contributed by atoms with van der Waals surface area (Å²) in [5.41, 5.74) is 4.42. The molecule has 1 atom stereocenters. The molecule has 0 bridgehead atoms. The predicted molar refractivity (Wildman–Crippen MR) is 124 cm³/mol. The Bertz CT molecular complexity index is 1020. The number of hydrogen-bond acceptors (Lipinski definition) is 5. The molecule has 1 saturated heterocycles. The van der Waals surface area contributed by atoms with Crippen molar-refractivity contribution in [3.05, 3.63) is 66.0 Å². The van der Waals surface area contributed by atoms with Gasteiger partial charge in [0.25, 0.3) is 11.8 Å². The highest BCUT2D eigenvalue weighted by Gasteiger charge is 2.34. The van der Waals surface area contributed by atoms with Gasteiger partial charge in [0.1, 0.15) is 11.4 Å². The molecular weight excluding hydrogens is 418 g/mol. The summed E-state index contributed by atoms with van der Waals surface area (Å²) in [6, 6.07) is 15.5. The first kappa shape index (κ1) is 22.6. The van der Waals surface area contributed by atoms with Crippen LogP contribution in [-0.4, -0.2) is 64.4 Å². The zero-order chi connectivity index (χ0) is 23.2. The number of likely N-dealkylation sites (tertiary alicyclic amines) is 1. The Labute approximate surface area is 193 Å². The normalized spacial score (nSPS) is 17.7. The van der Waals surface area contributed by atoms with Crippen LogP contribution in [0.15, 0.2) is 59.8 Å². The average molecular weight is 448 g/mol. The van der Waals surface area contributed by atoms with Crippen molar-refractivity contribution in [2.45, 2.75) is 38.1 Å². The SMILES string of the molecule is CN(C(=O)c1ccccn1)C(Cc1ccccc1)C1CCN(C(=O)C2=NNC(=O)CC2)CC1. The van der Waals surface area contributed by atoms with Gasteiger partial charge in [0.2, 0.25) is 5.91 Å². The van der Waals surface area contributed by atoms with E-state index >= 15 is 0 Å². The third-order valence-corrected chi connectivity index (χ3v) is 6.51. The van der Waals surface area contributed by atoms with E-state index in [9.17, 15) is 14.4 Å². The average Bonchev–Trinajstić information content (AvgIpc) is 2.88. The Kier molecular flexibility index (Phi) is 7.12. The number of pyridine rings is 1. The fourth-order valence-electron chi connectivity index (χ4n) is 4.59. The van der Waals surface area contributed by atoms with Crippen molar-refractivity contribution in [3.8, 4) is 0 Å². The van der Waals surface area contributed by atoms with Crippen LogP contribution in [0, 0.1) is 5.92 Å². The molecule has 2 aliphatic rings. The second-order valence-electron chi connectivity index (χ2n) is 8.61. The molecule has 3 heterocycles. The first-order chi connectivity index (χ1) is 16.0. The van der Waals surface area contributed by atoms with Crippen LogP contribution in [0.25, 0.3) is 0 Å². The second kappa shape index (κ2) is 10.4. The minimum atomic E-state index is -0.158. The quantitative estimate of drug-likeness (QED) is 0.735. The number of nitrogens with one attached hydrogen (secondary N) is 1. The largest absolute Gasteiger partial charge is 0.338 e. The van der Waals surface area contributed by atoms with Crippen LogP contribution in [0.2, 0.25) is 0 Å². The number of hydrogen-bond donors (Lipinski definition) is 1. The highest BCUT2D eigenvalue weighted by atomic mass is 16.2. The number of carbonyl (C=O) groups excluding carboxylic acids is 3. The Morgan fingerprint density at radius 2 is 1.82 bits per heavy atom. The lowest BCUT2D eigenvalue weighted by Gasteiger charge is -2.40. The molecule has 8 nitrogen and oxygen atoms in total. The monoisotopic (exact) mass is 447 g/mol. The van der Waals surface area contributed by atoms with E-state index < -0.39 is 0 Å². The van der Waals surface area contributed by atoms with Gasteiger partial charge in [0.15, 0.2) is 0 Å². The lowest BCUT2D eigenvalue weighted by molar-refractivity contribution is -0.126. The van der Waals surface area contributed by atoms with E-state index in [4.69, 9.17) is 0 Å². The third-order valence-electron chi connectivity index (χ3n) is 6.51. The molecule has 2 aliphatic heterocycles. The van der Waals surface area contributed by atoms with Crippen molar-refractivity contribution in [2.75, 3.05) is 20.1 Å². The first-order valence-electron chi connectivity index (χ1n) is 11.4. The number of carbonyl (C=O) groups is 3. The Morgan fingerprint density at radius 3 is 2.45 bits per heavy atom. The fourth-order valence-corrected chi connectivity index (χ4v) is 4.59. The number of hydrazone groups is 1. The molecule has 1 N–H and O–H groups in total. The molecule has 8 heteroatoms. The highest BCUT2D eigenvalue weighted by Crippen LogP contribution is 2.27. The topological polar surface area (TPSA) is 95.0 Å². The van der Waals surface area contributed by atoms with Crippen LogP contribution >= 0.6 is 0 Å². The van der Waals surface area contributed by atoms with Gasteiger partial charge in [0.05, 0.1) is 0 Å². The van der Waals surface area contributed by atoms with Crippen molar-refractivity contribution < 1.29 is 14.4 Å². The molecular formula is C25H29N5O3. The molecule has 33 heavy (non-hydrogen) atoms. The lowest BCUT2D eigenvalue weighted by Crippen LogP contribution is -2.50. The maximum absolute atomic E-state index is 13.2. The standard InChI is InChI=1S/C25H29N5O3/c1-29(24(32)20-9-5-6-14-26-20)22(17-18-7-3-2-4-8-18)19-12-15-30(16-13-19)25(33)21-10-11-23(31)28-27-21/h2-9,14,19,22H,10-13,15-17H2,1H3,(H,28,31). The van der Waals surface area contributed by atoms with E-state index in [2.05, 4.69) is 27.6 Å². The summed E-state index contributed by atoms with van der Waals surface area (Å²) in [7, 11) is 1.85. The van der Waals surface area contributed by atoms with Crippen molar-refractivity contribution in [1.29, 1.82) is 0 Å². The first-order valence-corrected chi connectivity index (χ1v) is 11.4. The van der Waals surface area contributed by atoms with Gasteiger partial charge in [-0.25, -0.2) is 5.43 Å². The van der Waals surface area contributed by atoms with E-state index in [0.717, 1.165) is 19.3 Å². The number of benzene rings is 1. The van der Waals surface area contributed by atoms with Gasteiger partial charge >= 0.3 is 0 Å². The Hall–Kier alpha value is -3.55. The zero-order valence-corrected chi connectivity index (χ0v) is 18.8. The molecule has 1 aromatic heterocycles. The van der Waals surface area contributed by atoms with Gasteiger partial charge in [-0.2, -0.15) is 5.10 Å². The van der Waals surface area contributed by atoms with Gasteiger partial charge < -0.3 is 9.80 Å². The van der Waals surface area contributed by atoms with Crippen molar-refractivity contribution in [2.24, 2.45) is 11.0 Å². The summed E-state index contributed by atoms with van der Waals surface area (Å²) in [6.07, 6.45) is 4.63. The van der Waals surface area contributed by atoms with Crippen LogP contribution < -0.4 is 5.43 Å². The number of piperidine rings is 1. The molecule has 0 aliphatic carbocycles. The van der Waals surface area contributed by atoms with E-state index in [-0.39, 0.29) is 29.7 Å². The summed E-state index contributed by atoms with van der Waals surface area (Å²) >= 11 is 0. The van der Waals surface area contributed by atoms with Crippen LogP contribution in [-0.2, 0) is 16.0 Å². The van der Waals surface area contributed by atoms with Gasteiger partial charge in [-0.1, -0.05) is 36.4 Å². The molecule has 1 unspecified atom stereocenters. The van der Waals surface area contributed by atoms with E-state index in [1.54, 1.807) is 18.3 Å². The maximum atomic E-state index is 13.2. The zero-order valence-electron chi connectivity index (χ0n) is 18.8. The fraction of sp³-hybridized carbons (Fsp3) is 0.400. The summed E-state index contributed by atoms with van der Waals surface area (Å²) < 4.78 is 0. The predicted octanol–water partition coefficient (Wildman–Crippen LogP) is 2.27. The summed E-state index contributed by atoms with van der Waals surface area (Å²) in [5.74, 6) is -0.108. The van der Waals surface area contributed by atoms with Crippen LogP contribution in [0.5, 0.6) is 0 Å². The minimum Gasteiger partial charge on any atom is -0.338 e. The summed E-state index contributed by atoms with van der Waals surface area (Å²) in [5, 5.41) is 3.95. The number of likely N-dealkylation sites (N-methyl/N-ethyl adjacent to an activating group) is 1. The smallest absolute Gasteiger partial charge is 0.272 e. The molecule has 2 aromatic rings. The molecule has 0 radical (unpaired) electrons. The van der Waals surface area contributed by atoms with Crippen LogP contribution in [0.4, 0.5) is 0 Å². The Morgan fingerprint density at radius 1 is 1.09 bits per heavy atom. The maximum Gasteiger partial charge on any atom is 0.272 e. The number of nitrogens with zero attached hydrogens (tertiary/aromatic N) is 4. The van der Waals surface area contributed by atoms with E-state index in [1.807, 2.05) is 41.1 Å². The van der Waals surface area contributed by atoms with Gasteiger partial charge in [0, 0.05) is 45.2 Å². The molecule has 172 valence electrons. The Balaban J connectivity index is 1.46. The molecule has 0 saturated carbocycles. The van der Waals surface area contributed by atoms with Crippen LogP contribution in [0.3, 0.4) is 0 Å². The summed E-state index contributed by atoms with van der Waals surface area (Å²) in [4.78, 5) is 45.2. The van der Waals surface area contributed by atoms with Crippen molar-refractivity contribution in [3.63, 3.8) is 0 Å². The van der Waals surface area contributed by atoms with Crippen molar-refractivity contribution in [1.82, 2.24) is 20.2 Å². The van der Waals surface area contributed by atoms with Gasteiger partial charge in [-0.15, -0.1) is 0 Å². The van der Waals surface area contributed by atoms with Gasteiger partial charge in [-0.3, -0.25) is 19.4 Å². The second-order valence-corrected chi connectivity index (χ2v) is 8.61. The number of aromatic nitrogens is 1. The minimum absolute atomic E-state index is 0.00883. The van der Waals surface area contributed by atoms with E-state index in [0.29, 0.717) is 37.3 Å². The molecule has 0 spiro atoms. The third kappa shape index (κ3) is 5.45.